The molecule has 2 unspecified atom stereocenters. The first-order valence-electron chi connectivity index (χ1n) is 6.92. The van der Waals surface area contributed by atoms with Crippen molar-refractivity contribution in [2.24, 2.45) is 0 Å². The Kier molecular flexibility index (Phi) is 4.98. The first-order chi connectivity index (χ1) is 9.63. The fraction of sp³-hybridized carbons (Fsp3) is 0.533. The molecule has 110 valence electrons. The zero-order valence-electron chi connectivity index (χ0n) is 11.7. The molecule has 0 radical (unpaired) electrons. The fourth-order valence-corrected chi connectivity index (χ4v) is 2.49. The molecule has 0 aliphatic carbocycles. The molecule has 0 amide bonds. The van der Waals surface area contributed by atoms with Crippen LogP contribution in [0.4, 0.5) is 5.69 Å². The van der Waals surface area contributed by atoms with Crippen LogP contribution in [-0.4, -0.2) is 42.5 Å². The maximum atomic E-state index is 11.3. The molecule has 2 atom stereocenters. The molecule has 1 aromatic carbocycles. The number of carbonyl (C=O) groups is 1. The molecular weight excluding hydrogens is 258 g/mol. The number of ether oxygens (including phenoxy) is 1. The summed E-state index contributed by atoms with van der Waals surface area (Å²) in [7, 11) is 1.18. The van der Waals surface area contributed by atoms with Gasteiger partial charge in [0.15, 0.2) is 6.10 Å². The zero-order chi connectivity index (χ0) is 14.5. The summed E-state index contributed by atoms with van der Waals surface area (Å²) < 4.78 is 4.44. The smallest absolute Gasteiger partial charge is 0.337 e. The Morgan fingerprint density at radius 1 is 1.25 bits per heavy atom. The Morgan fingerprint density at radius 3 is 2.60 bits per heavy atom. The summed E-state index contributed by atoms with van der Waals surface area (Å²) in [5.74, 6) is -0.833. The highest BCUT2D eigenvalue weighted by molar-refractivity contribution is 5.75. The molecule has 1 saturated heterocycles. The van der Waals surface area contributed by atoms with Crippen molar-refractivity contribution >= 4 is 11.7 Å². The van der Waals surface area contributed by atoms with Gasteiger partial charge in [0.1, 0.15) is 6.10 Å². The minimum absolute atomic E-state index is 0.519. The lowest BCUT2D eigenvalue weighted by molar-refractivity contribution is -0.156. The number of anilines is 1. The normalized spacial score (nSPS) is 18.4. The summed E-state index contributed by atoms with van der Waals surface area (Å²) in [4.78, 5) is 13.5. The molecule has 1 aromatic rings. The summed E-state index contributed by atoms with van der Waals surface area (Å²) >= 11 is 0. The summed E-state index contributed by atoms with van der Waals surface area (Å²) in [5.41, 5.74) is 1.53. The molecule has 0 saturated carbocycles. The van der Waals surface area contributed by atoms with E-state index in [4.69, 9.17) is 0 Å². The lowest BCUT2D eigenvalue weighted by Gasteiger charge is -2.29. The molecule has 0 aromatic heterocycles. The second kappa shape index (κ2) is 6.72. The minimum Gasteiger partial charge on any atom is -0.467 e. The van der Waals surface area contributed by atoms with Gasteiger partial charge in [-0.3, -0.25) is 0 Å². The summed E-state index contributed by atoms with van der Waals surface area (Å²) in [5, 5.41) is 19.7. The number of benzene rings is 1. The molecule has 1 fully saturated rings. The molecule has 2 N–H and O–H groups in total. The van der Waals surface area contributed by atoms with Crippen molar-refractivity contribution in [3.8, 4) is 0 Å². The average Bonchev–Trinajstić information content (AvgIpc) is 2.53. The Bertz CT molecular complexity index is 457. The highest BCUT2D eigenvalue weighted by Gasteiger charge is 2.26. The van der Waals surface area contributed by atoms with Crippen molar-refractivity contribution in [1.29, 1.82) is 0 Å². The number of carbonyl (C=O) groups excluding carboxylic acids is 1. The molecule has 1 heterocycles. The lowest BCUT2D eigenvalue weighted by Crippen LogP contribution is -2.31. The van der Waals surface area contributed by atoms with Gasteiger partial charge in [-0.25, -0.2) is 4.79 Å². The van der Waals surface area contributed by atoms with Gasteiger partial charge in [0, 0.05) is 18.8 Å². The van der Waals surface area contributed by atoms with Gasteiger partial charge in [-0.2, -0.15) is 0 Å². The van der Waals surface area contributed by atoms with Crippen LogP contribution in [0.25, 0.3) is 0 Å². The molecular formula is C15H21NO4. The van der Waals surface area contributed by atoms with E-state index in [1.165, 1.54) is 13.5 Å². The van der Waals surface area contributed by atoms with E-state index in [0.29, 0.717) is 5.56 Å². The Balaban J connectivity index is 2.14. The van der Waals surface area contributed by atoms with E-state index in [-0.39, 0.29) is 0 Å². The van der Waals surface area contributed by atoms with Gasteiger partial charge in [-0.1, -0.05) is 12.1 Å². The number of esters is 1. The van der Waals surface area contributed by atoms with Crippen molar-refractivity contribution < 1.29 is 19.7 Å². The van der Waals surface area contributed by atoms with Gasteiger partial charge in [-0.05, 0) is 37.0 Å². The van der Waals surface area contributed by atoms with Crippen molar-refractivity contribution in [2.75, 3.05) is 25.1 Å². The van der Waals surface area contributed by atoms with Gasteiger partial charge < -0.3 is 19.8 Å². The van der Waals surface area contributed by atoms with Crippen LogP contribution >= 0.6 is 0 Å². The SMILES string of the molecule is COC(=O)C(O)C(O)c1cccc(N2CCCCC2)c1. The van der Waals surface area contributed by atoms with Crippen LogP contribution in [0.5, 0.6) is 0 Å². The number of aliphatic hydroxyl groups is 2. The summed E-state index contributed by atoms with van der Waals surface area (Å²) in [6.45, 7) is 2.00. The highest BCUT2D eigenvalue weighted by atomic mass is 16.5. The van der Waals surface area contributed by atoms with E-state index >= 15 is 0 Å². The number of rotatable bonds is 4. The van der Waals surface area contributed by atoms with E-state index in [9.17, 15) is 15.0 Å². The molecule has 2 rings (SSSR count). The molecule has 0 spiro atoms. The molecule has 1 aliphatic rings. The Morgan fingerprint density at radius 2 is 1.95 bits per heavy atom. The number of nitrogens with zero attached hydrogens (tertiary/aromatic N) is 1. The maximum absolute atomic E-state index is 11.3. The van der Waals surface area contributed by atoms with E-state index in [1.54, 1.807) is 6.07 Å². The van der Waals surface area contributed by atoms with Crippen molar-refractivity contribution in [3.05, 3.63) is 29.8 Å². The first kappa shape index (κ1) is 14.8. The third-order valence-electron chi connectivity index (χ3n) is 3.67. The molecule has 0 bridgehead atoms. The summed E-state index contributed by atoms with van der Waals surface area (Å²) in [6, 6.07) is 7.32. The standard InChI is InChI=1S/C15H21NO4/c1-20-15(19)14(18)13(17)11-6-5-7-12(10-11)16-8-3-2-4-9-16/h5-7,10,13-14,17-18H,2-4,8-9H2,1H3. The topological polar surface area (TPSA) is 70.0 Å². The monoisotopic (exact) mass is 279 g/mol. The largest absolute Gasteiger partial charge is 0.467 e. The number of piperidine rings is 1. The minimum atomic E-state index is -1.56. The van der Waals surface area contributed by atoms with Gasteiger partial charge in [0.25, 0.3) is 0 Å². The molecule has 20 heavy (non-hydrogen) atoms. The van der Waals surface area contributed by atoms with Crippen molar-refractivity contribution in [3.63, 3.8) is 0 Å². The second-order valence-electron chi connectivity index (χ2n) is 5.06. The van der Waals surface area contributed by atoms with E-state index < -0.39 is 18.2 Å². The first-order valence-corrected chi connectivity index (χ1v) is 6.92. The maximum Gasteiger partial charge on any atom is 0.337 e. The van der Waals surface area contributed by atoms with Crippen LogP contribution in [0, 0.1) is 0 Å². The quantitative estimate of drug-likeness (QED) is 0.812. The van der Waals surface area contributed by atoms with Gasteiger partial charge in [0.2, 0.25) is 0 Å². The van der Waals surface area contributed by atoms with Crippen LogP contribution in [0.3, 0.4) is 0 Å². The molecule has 1 aliphatic heterocycles. The Labute approximate surface area is 118 Å². The van der Waals surface area contributed by atoms with Gasteiger partial charge in [-0.15, -0.1) is 0 Å². The zero-order valence-corrected chi connectivity index (χ0v) is 11.7. The summed E-state index contributed by atoms with van der Waals surface area (Å²) in [6.07, 6.45) is 0.749. The fourth-order valence-electron chi connectivity index (χ4n) is 2.49. The van der Waals surface area contributed by atoms with Crippen LogP contribution in [-0.2, 0) is 9.53 Å². The predicted molar refractivity (Wildman–Crippen MR) is 75.5 cm³/mol. The van der Waals surface area contributed by atoms with Gasteiger partial charge >= 0.3 is 5.97 Å². The lowest BCUT2D eigenvalue weighted by atomic mass is 10.0. The van der Waals surface area contributed by atoms with Crippen LogP contribution in [0.15, 0.2) is 24.3 Å². The van der Waals surface area contributed by atoms with Crippen LogP contribution < -0.4 is 4.90 Å². The number of hydrogen-bond donors (Lipinski definition) is 2. The predicted octanol–water partition coefficient (Wildman–Crippen LogP) is 1.24. The van der Waals surface area contributed by atoms with Crippen LogP contribution in [0.1, 0.15) is 30.9 Å². The van der Waals surface area contributed by atoms with E-state index in [1.807, 2.05) is 18.2 Å². The van der Waals surface area contributed by atoms with E-state index in [0.717, 1.165) is 31.6 Å². The average molecular weight is 279 g/mol. The number of aliphatic hydroxyl groups excluding tert-OH is 2. The Hall–Kier alpha value is -1.59. The number of methoxy groups -OCH3 is 1. The molecule has 5 nitrogen and oxygen atoms in total. The van der Waals surface area contributed by atoms with Crippen LogP contribution in [0.2, 0.25) is 0 Å². The third kappa shape index (κ3) is 3.29. The van der Waals surface area contributed by atoms with Crippen molar-refractivity contribution in [2.45, 2.75) is 31.5 Å². The third-order valence-corrected chi connectivity index (χ3v) is 3.67. The highest BCUT2D eigenvalue weighted by Crippen LogP contribution is 2.25. The van der Waals surface area contributed by atoms with Crippen molar-refractivity contribution in [1.82, 2.24) is 0 Å². The number of hydrogen-bond acceptors (Lipinski definition) is 5. The van der Waals surface area contributed by atoms with Gasteiger partial charge in [0.05, 0.1) is 7.11 Å². The molecule has 5 heteroatoms. The van der Waals surface area contributed by atoms with E-state index in [2.05, 4.69) is 9.64 Å². The second-order valence-corrected chi connectivity index (χ2v) is 5.06.